The number of hydrogen-bond donors (Lipinski definition) is 1. The molecule has 1 aliphatic heterocycles. The van der Waals surface area contributed by atoms with E-state index in [0.29, 0.717) is 23.7 Å². The number of phenols is 1. The lowest BCUT2D eigenvalue weighted by Crippen LogP contribution is -2.28. The van der Waals surface area contributed by atoms with E-state index in [1.807, 2.05) is 32.1 Å². The molecule has 1 aromatic rings. The van der Waals surface area contributed by atoms with Gasteiger partial charge in [0, 0.05) is 24.2 Å². The van der Waals surface area contributed by atoms with E-state index >= 15 is 0 Å². The number of likely N-dealkylation sites (N-methyl/N-ethyl adjacent to an activating group) is 1. The van der Waals surface area contributed by atoms with Gasteiger partial charge in [-0.15, -0.1) is 0 Å². The third-order valence-corrected chi connectivity index (χ3v) is 5.59. The average Bonchev–Trinajstić information content (AvgIpc) is 2.82. The Balaban J connectivity index is 2.61. The van der Waals surface area contributed by atoms with Crippen molar-refractivity contribution in [1.82, 2.24) is 4.90 Å². The molecular weight excluding hydrogens is 356 g/mol. The summed E-state index contributed by atoms with van der Waals surface area (Å²) < 4.78 is 0. The second kappa shape index (κ2) is 7.70. The average molecular weight is 389 g/mol. The summed E-state index contributed by atoms with van der Waals surface area (Å²) in [5.41, 5.74) is 2.33. The number of amidine groups is 1. The fourth-order valence-corrected chi connectivity index (χ4v) is 4.18. The Kier molecular flexibility index (Phi) is 6.15. The van der Waals surface area contributed by atoms with Crippen LogP contribution in [-0.4, -0.2) is 34.2 Å². The third kappa shape index (κ3) is 4.57. The summed E-state index contributed by atoms with van der Waals surface area (Å²) in [4.78, 5) is 19.6. The number of rotatable bonds is 3. The second-order valence-corrected chi connectivity index (χ2v) is 9.89. The molecule has 27 heavy (non-hydrogen) atoms. The Morgan fingerprint density at radius 1 is 1.07 bits per heavy atom. The Bertz CT molecular complexity index is 761. The molecule has 2 rings (SSSR count). The van der Waals surface area contributed by atoms with Crippen LogP contribution in [-0.2, 0) is 15.6 Å². The molecule has 1 saturated heterocycles. The largest absolute Gasteiger partial charge is 0.507 e. The van der Waals surface area contributed by atoms with Crippen molar-refractivity contribution in [3.8, 4) is 5.75 Å². The number of amides is 1. The molecule has 5 heteroatoms. The third-order valence-electron chi connectivity index (χ3n) is 4.54. The lowest BCUT2D eigenvalue weighted by atomic mass is 9.78. The molecule has 0 atom stereocenters. The van der Waals surface area contributed by atoms with Crippen molar-refractivity contribution < 1.29 is 9.90 Å². The van der Waals surface area contributed by atoms with E-state index in [0.717, 1.165) is 21.9 Å². The summed E-state index contributed by atoms with van der Waals surface area (Å²) in [5.74, 6) is 0.350. The summed E-state index contributed by atoms with van der Waals surface area (Å²) >= 11 is 1.43. The van der Waals surface area contributed by atoms with E-state index in [9.17, 15) is 9.90 Å². The van der Waals surface area contributed by atoms with Gasteiger partial charge in [-0.25, -0.2) is 0 Å². The highest BCUT2D eigenvalue weighted by Gasteiger charge is 2.32. The molecule has 1 N–H and O–H groups in total. The van der Waals surface area contributed by atoms with Crippen molar-refractivity contribution in [2.24, 2.45) is 4.99 Å². The molecule has 4 nitrogen and oxygen atoms in total. The van der Waals surface area contributed by atoms with Crippen LogP contribution in [0.4, 0.5) is 0 Å². The van der Waals surface area contributed by atoms with Gasteiger partial charge in [0.2, 0.25) is 0 Å². The Morgan fingerprint density at radius 3 is 2.00 bits per heavy atom. The number of aliphatic imine (C=N–C) groups is 1. The highest BCUT2D eigenvalue weighted by Crippen LogP contribution is 2.41. The summed E-state index contributed by atoms with van der Waals surface area (Å²) in [6, 6.07) is 3.99. The standard InChI is InChI=1S/C22H32N2O2S/c1-9-23-20-24(10-2)19(26)17(27-20)13-14-11-15(21(3,4)5)18(25)16(12-14)22(6,7)8/h11-13,25H,9-10H2,1-8H3/b17-13-,23-20?. The molecule has 0 bridgehead atoms. The topological polar surface area (TPSA) is 52.9 Å². The van der Waals surface area contributed by atoms with Crippen molar-refractivity contribution in [1.29, 1.82) is 0 Å². The maximum absolute atomic E-state index is 12.8. The number of carbonyl (C=O) groups is 1. The zero-order valence-corrected chi connectivity index (χ0v) is 18.6. The van der Waals surface area contributed by atoms with Gasteiger partial charge in [-0.2, -0.15) is 0 Å². The Labute approximate surface area is 167 Å². The van der Waals surface area contributed by atoms with Gasteiger partial charge < -0.3 is 5.11 Å². The molecule has 0 radical (unpaired) electrons. The normalized spacial score (nSPS) is 18.8. The number of thioether (sulfide) groups is 1. The summed E-state index contributed by atoms with van der Waals surface area (Å²) in [6.45, 7) is 17.7. The maximum Gasteiger partial charge on any atom is 0.266 e. The molecule has 0 spiro atoms. The van der Waals surface area contributed by atoms with E-state index in [1.54, 1.807) is 4.90 Å². The number of phenolic OH excluding ortho intramolecular Hbond substituents is 1. The minimum absolute atomic E-state index is 0.00241. The minimum Gasteiger partial charge on any atom is -0.507 e. The maximum atomic E-state index is 12.8. The molecule has 1 aliphatic rings. The van der Waals surface area contributed by atoms with Crippen LogP contribution < -0.4 is 0 Å². The second-order valence-electron chi connectivity index (χ2n) is 8.88. The first-order valence-electron chi connectivity index (χ1n) is 9.54. The van der Waals surface area contributed by atoms with Gasteiger partial charge in [-0.3, -0.25) is 14.7 Å². The van der Waals surface area contributed by atoms with Crippen LogP contribution in [0, 0.1) is 0 Å². The van der Waals surface area contributed by atoms with Gasteiger partial charge in [0.1, 0.15) is 5.75 Å². The zero-order chi connectivity index (χ0) is 20.6. The van der Waals surface area contributed by atoms with Crippen molar-refractivity contribution in [2.75, 3.05) is 13.1 Å². The van der Waals surface area contributed by atoms with Crippen molar-refractivity contribution in [3.05, 3.63) is 33.7 Å². The van der Waals surface area contributed by atoms with E-state index in [1.165, 1.54) is 11.8 Å². The summed E-state index contributed by atoms with van der Waals surface area (Å²) in [5, 5.41) is 11.6. The molecular formula is C22H32N2O2S. The fraction of sp³-hybridized carbons (Fsp3) is 0.545. The number of nitrogens with zero attached hydrogens (tertiary/aromatic N) is 2. The lowest BCUT2D eigenvalue weighted by molar-refractivity contribution is -0.122. The Hall–Kier alpha value is -1.75. The first-order chi connectivity index (χ1) is 12.4. The van der Waals surface area contributed by atoms with Crippen LogP contribution in [0.25, 0.3) is 6.08 Å². The van der Waals surface area contributed by atoms with Gasteiger partial charge in [-0.05, 0) is 60.2 Å². The quantitative estimate of drug-likeness (QED) is 0.715. The summed E-state index contributed by atoms with van der Waals surface area (Å²) in [6.07, 6.45) is 1.93. The first-order valence-corrected chi connectivity index (χ1v) is 10.4. The SMILES string of the molecule is CCN=C1S/C(=C\c2cc(C(C)(C)C)c(O)c(C(C)(C)C)c2)C(=O)N1CC. The predicted molar refractivity (Wildman–Crippen MR) is 116 cm³/mol. The van der Waals surface area contributed by atoms with E-state index in [4.69, 9.17) is 0 Å². The molecule has 1 heterocycles. The van der Waals surface area contributed by atoms with Gasteiger partial charge in [0.25, 0.3) is 5.91 Å². The molecule has 148 valence electrons. The van der Waals surface area contributed by atoms with E-state index in [-0.39, 0.29) is 16.7 Å². The van der Waals surface area contributed by atoms with Crippen molar-refractivity contribution >= 4 is 28.9 Å². The number of benzene rings is 1. The lowest BCUT2D eigenvalue weighted by Gasteiger charge is -2.28. The Morgan fingerprint density at radius 2 is 1.59 bits per heavy atom. The number of carbonyl (C=O) groups excluding carboxylic acids is 1. The van der Waals surface area contributed by atoms with Gasteiger partial charge in [0.15, 0.2) is 5.17 Å². The molecule has 1 aromatic carbocycles. The summed E-state index contributed by atoms with van der Waals surface area (Å²) in [7, 11) is 0. The van der Waals surface area contributed by atoms with E-state index < -0.39 is 0 Å². The van der Waals surface area contributed by atoms with Crippen LogP contribution in [0.5, 0.6) is 5.75 Å². The van der Waals surface area contributed by atoms with Gasteiger partial charge in [0.05, 0.1) is 4.91 Å². The molecule has 0 unspecified atom stereocenters. The van der Waals surface area contributed by atoms with Gasteiger partial charge >= 0.3 is 0 Å². The predicted octanol–water partition coefficient (Wildman–Crippen LogP) is 5.30. The molecule has 1 amide bonds. The van der Waals surface area contributed by atoms with Crippen LogP contribution in [0.2, 0.25) is 0 Å². The smallest absolute Gasteiger partial charge is 0.266 e. The van der Waals surface area contributed by atoms with E-state index in [2.05, 4.69) is 46.5 Å². The van der Waals surface area contributed by atoms with Crippen LogP contribution >= 0.6 is 11.8 Å². The number of aromatic hydroxyl groups is 1. The van der Waals surface area contributed by atoms with Crippen LogP contribution in [0.3, 0.4) is 0 Å². The highest BCUT2D eigenvalue weighted by molar-refractivity contribution is 8.18. The first kappa shape index (κ1) is 21.5. The highest BCUT2D eigenvalue weighted by atomic mass is 32.2. The molecule has 0 aliphatic carbocycles. The van der Waals surface area contributed by atoms with Gasteiger partial charge in [-0.1, -0.05) is 41.5 Å². The molecule has 0 aromatic heterocycles. The number of hydrogen-bond acceptors (Lipinski definition) is 4. The zero-order valence-electron chi connectivity index (χ0n) is 17.8. The molecule has 0 saturated carbocycles. The van der Waals surface area contributed by atoms with Crippen LogP contribution in [0.1, 0.15) is 72.1 Å². The van der Waals surface area contributed by atoms with Crippen molar-refractivity contribution in [3.63, 3.8) is 0 Å². The van der Waals surface area contributed by atoms with Crippen molar-refractivity contribution in [2.45, 2.75) is 66.2 Å². The fourth-order valence-electron chi connectivity index (χ4n) is 3.07. The monoisotopic (exact) mass is 388 g/mol. The van der Waals surface area contributed by atoms with Crippen LogP contribution in [0.15, 0.2) is 22.0 Å². The molecule has 1 fully saturated rings. The minimum atomic E-state index is -0.199.